The molecule has 15 rings (SSSR count). The highest BCUT2D eigenvalue weighted by molar-refractivity contribution is 9.69. The summed E-state index contributed by atoms with van der Waals surface area (Å²) in [6, 6.07) is 53.4. The number of alkyl carbamates (subject to hydrolysis) is 1. The van der Waals surface area contributed by atoms with E-state index < -0.39 is 35.4 Å². The van der Waals surface area contributed by atoms with E-state index in [0.717, 1.165) is 43.9 Å². The van der Waals surface area contributed by atoms with Crippen molar-refractivity contribution in [1.82, 2.24) is 46.2 Å². The Morgan fingerprint density at radius 1 is 0.424 bits per heavy atom. The number of para-hydroxylation sites is 5. The van der Waals surface area contributed by atoms with Gasteiger partial charge in [0, 0.05) is 93.9 Å². The van der Waals surface area contributed by atoms with Crippen LogP contribution in [0.1, 0.15) is 163 Å². The zero-order chi connectivity index (χ0) is 99.2. The second-order valence-corrected chi connectivity index (χ2v) is 37.9. The number of fused-ring (bicyclic) bond motifs is 5. The molecular weight excluding hydrogens is 2010 g/mol. The molecule has 0 unspecified atom stereocenters. The number of amides is 4. The summed E-state index contributed by atoms with van der Waals surface area (Å²) in [6.07, 6.45) is 4.97. The Balaban J connectivity index is 0.000000304. The van der Waals surface area contributed by atoms with E-state index >= 15 is 0 Å². The lowest BCUT2D eigenvalue weighted by Crippen LogP contribution is -2.45. The lowest BCUT2D eigenvalue weighted by Gasteiger charge is -2.24. The fraction of sp³-hybridized carbons (Fsp3) is 0.255. The molecule has 0 saturated heterocycles. The number of nitrogens with two attached hydrogens (primary N) is 4. The summed E-state index contributed by atoms with van der Waals surface area (Å²) in [4.78, 5) is 88.5. The number of benzene rings is 10. The lowest BCUT2D eigenvalue weighted by atomic mass is 10.0. The Labute approximate surface area is 835 Å². The van der Waals surface area contributed by atoms with Crippen LogP contribution < -0.4 is 48.9 Å². The predicted molar refractivity (Wildman–Crippen MR) is 559 cm³/mol. The van der Waals surface area contributed by atoms with Crippen molar-refractivity contribution < 1.29 is 92.2 Å². The Bertz CT molecular complexity index is 6420. The van der Waals surface area contributed by atoms with Crippen LogP contribution >= 0.6 is 59.7 Å². The van der Waals surface area contributed by atoms with Gasteiger partial charge in [-0.2, -0.15) is 0 Å². The van der Waals surface area contributed by atoms with Gasteiger partial charge in [-0.15, -0.1) is 59.7 Å². The highest BCUT2D eigenvalue weighted by Crippen LogP contribution is 2.42. The largest absolute Gasteiger partial charge is 0.506 e. The number of aromatic amines is 5. The minimum Gasteiger partial charge on any atom is -0.506 e. The molecule has 0 fully saturated rings. The van der Waals surface area contributed by atoms with Crippen LogP contribution in [0.5, 0.6) is 28.7 Å². The van der Waals surface area contributed by atoms with Crippen LogP contribution in [0, 0.1) is 29.1 Å². The number of nitrogens with one attached hydrogen (secondary N) is 9. The lowest BCUT2D eigenvalue weighted by molar-refractivity contribution is 0.0497. The number of unbranched alkanes of at least 4 members (excludes halogenated alkanes) is 1. The Kier molecular flexibility index (Phi) is 45.7. The molecule has 27 nitrogen and oxygen atoms in total. The van der Waals surface area contributed by atoms with Crippen LogP contribution in [-0.2, 0) is 4.74 Å². The Morgan fingerprint density at radius 3 is 0.935 bits per heavy atom. The van der Waals surface area contributed by atoms with Crippen LogP contribution in [0.25, 0.3) is 110 Å². The van der Waals surface area contributed by atoms with Crippen LogP contribution in [0.2, 0.25) is 0 Å². The van der Waals surface area contributed by atoms with Crippen molar-refractivity contribution in [2.75, 3.05) is 39.8 Å². The van der Waals surface area contributed by atoms with Gasteiger partial charge in [0.05, 0.1) is 34.7 Å². The molecule has 0 radical (unpaired) electrons. The van der Waals surface area contributed by atoms with E-state index in [-0.39, 0.29) is 138 Å². The summed E-state index contributed by atoms with van der Waals surface area (Å²) in [5.41, 5.74) is 31.4. The van der Waals surface area contributed by atoms with Gasteiger partial charge in [-0.05, 0) is 185 Å². The van der Waals surface area contributed by atoms with E-state index in [9.17, 15) is 81.4 Å². The zero-order valence-corrected chi connectivity index (χ0v) is 80.5. The average molecular weight is 2130 g/mol. The summed E-state index contributed by atoms with van der Waals surface area (Å²) in [7, 11) is 1.52. The normalized spacial score (nSPS) is 11.3. The standard InChI is InChI=1S/C26H32FN3O4.2C20H23FN4O2.C16H12FNO3.C15H10FNO3.C2H6.3CH4.BBr3.ClH/c1-5-6-8-18(29-25(33)34-26(2,3)4)15-28-24(32)23-21(16-11-13-17(27)14-12-16)19-9-7-10-20(31)22(19)30-23;2*21-13-8-6-12(7-9-13)17-15-4-1-5-16(26)18(15)25-19(17)20(27)24-11-14(23)3-2-10-22;1-21-12-4-2-3-11-13(9-5-7-10(17)8-6-9)15(16(19)20)18-14(11)12;16-9-6-4-8(5-7-9)12-10-2-1-3-11(18)13(10)17-14(12)15(19)20;1-2;;;;2-1(3)4;/h7,9-14,18,30-31H,5-6,8,15H2,1-4H3,(H,28,32)(H,29,33);2*1,4-9,14,25-26H,2-3,10-11,22-23H2,(H,24,27);2-8,18H,1H3,(H,19,20);1-7,17-18H,(H,19,20);1-2H3;3*1H4;;1H/t18-;2*14-;;;;;;;;/m000......../s1/i;;;;;1D;;;;;. The molecule has 0 aliphatic carbocycles. The van der Waals surface area contributed by atoms with E-state index in [2.05, 4.69) is 100 Å². The maximum absolute atomic E-state index is 13.5. The maximum Gasteiger partial charge on any atom is 0.407 e. The number of H-pyrrole nitrogens is 5. The Hall–Kier alpha value is -13.2. The quantitative estimate of drug-likeness (QED) is 0.0168. The van der Waals surface area contributed by atoms with Crippen molar-refractivity contribution in [2.24, 2.45) is 22.9 Å². The van der Waals surface area contributed by atoms with Crippen LogP contribution in [0.3, 0.4) is 0 Å². The summed E-state index contributed by atoms with van der Waals surface area (Å²) in [5, 5.41) is 73.7. The molecule has 3 atom stereocenters. The number of aromatic nitrogens is 5. The molecule has 5 aromatic heterocycles. The third-order valence-corrected chi connectivity index (χ3v) is 20.8. The number of rotatable bonds is 27. The first-order chi connectivity index (χ1) is 64.9. The fourth-order valence-corrected chi connectivity index (χ4v) is 14.6. The van der Waals surface area contributed by atoms with Crippen LogP contribution in [0.4, 0.5) is 26.7 Å². The average Bonchev–Trinajstić information content (AvgIpc) is 1.61. The zero-order valence-electron chi connectivity index (χ0n) is 75.9. The first-order valence-electron chi connectivity index (χ1n) is 43.4. The predicted octanol–water partition coefficient (Wildman–Crippen LogP) is 23.0. The van der Waals surface area contributed by atoms with Crippen molar-refractivity contribution in [3.8, 4) is 84.4 Å². The minimum atomic E-state index is -1.14. The van der Waals surface area contributed by atoms with Gasteiger partial charge in [0.1, 0.15) is 91.9 Å². The van der Waals surface area contributed by atoms with Crippen molar-refractivity contribution in [1.29, 1.82) is 0 Å². The number of aromatic carboxylic acids is 2. The molecule has 139 heavy (non-hydrogen) atoms. The summed E-state index contributed by atoms with van der Waals surface area (Å²) < 4.78 is 83.3. The van der Waals surface area contributed by atoms with Crippen molar-refractivity contribution in [2.45, 2.75) is 132 Å². The molecule has 15 aromatic rings. The Morgan fingerprint density at radius 2 is 0.676 bits per heavy atom. The number of carboxylic acid groups (broad SMARTS) is 2. The molecule has 23 N–H and O–H groups in total. The van der Waals surface area contributed by atoms with Gasteiger partial charge in [0.2, 0.25) is 0 Å². The monoisotopic (exact) mass is 2130 g/mol. The summed E-state index contributed by atoms with van der Waals surface area (Å²) >= 11 is 9.31. The van der Waals surface area contributed by atoms with Gasteiger partial charge in [-0.1, -0.05) is 177 Å². The second kappa shape index (κ2) is 55.4. The molecule has 742 valence electrons. The van der Waals surface area contributed by atoms with Gasteiger partial charge >= 0.3 is 21.2 Å². The SMILES string of the molecule is BrB(Br)Br.C.C.C.CCCC[C@@H](CNC(=O)c1[nH]c2c(O)cccc2c1-c1ccc(F)cc1)NC(=O)OC(C)(C)C.COc1cccc2c(-c3ccc(F)cc3)c(C(=O)O)[nH]c12.Cl.NCCC[C@H](N)CNC(=O)c1[nH]c2c(O)cccc2c1-c1ccc(F)cc1.NCCC[C@H](N)CNC(=O)c1[nH]c2c(O)cccc2c1-c1ccc(F)cc1.O=C(O)c1[nH]c2c(O)cccc2c1-c1ccc(F)cc1.[2H]CC. The number of ether oxygens (including phenoxy) is 2. The van der Waals surface area contributed by atoms with E-state index in [1.54, 1.807) is 143 Å². The molecule has 5 heterocycles. The number of carboxylic acids is 2. The van der Waals surface area contributed by atoms with E-state index in [1.807, 2.05) is 0 Å². The number of phenolic OH excluding ortho intramolecular Hbond substituents is 4. The van der Waals surface area contributed by atoms with Crippen LogP contribution in [-0.4, -0.2) is 158 Å². The van der Waals surface area contributed by atoms with Gasteiger partial charge in [-0.25, -0.2) is 36.3 Å². The van der Waals surface area contributed by atoms with E-state index in [4.69, 9.17) is 33.8 Å². The highest BCUT2D eigenvalue weighted by Gasteiger charge is 2.29. The second-order valence-electron chi connectivity index (χ2n) is 31.4. The molecule has 10 aromatic carbocycles. The summed E-state index contributed by atoms with van der Waals surface area (Å²) in [6.45, 7) is 11.6. The first-order valence-corrected chi connectivity index (χ1v) is 45.5. The van der Waals surface area contributed by atoms with Crippen LogP contribution in [0.15, 0.2) is 212 Å². The molecule has 4 amide bonds. The third kappa shape index (κ3) is 31.4. The molecule has 0 aliphatic heterocycles. The highest BCUT2D eigenvalue weighted by atomic mass is 79.9. The van der Waals surface area contributed by atoms with E-state index in [0.29, 0.717) is 161 Å². The summed E-state index contributed by atoms with van der Waals surface area (Å²) in [5.74, 6) is -4.56. The number of hydrogen-bond donors (Lipinski definition) is 19. The number of phenols is 4. The molecule has 37 heteroatoms. The third-order valence-electron chi connectivity index (χ3n) is 20.8. The molecule has 0 saturated carbocycles. The molecule has 0 bridgehead atoms. The van der Waals surface area contributed by atoms with Crippen molar-refractivity contribution in [3.05, 3.63) is 270 Å². The molecule has 0 aliphatic rings. The maximum atomic E-state index is 13.5. The number of carbonyl (C=O) groups is 6. The molecule has 0 spiro atoms. The van der Waals surface area contributed by atoms with Gasteiger partial charge in [-0.3, -0.25) is 14.4 Å². The molecular formula is C102H119BBr3ClF5N13O14. The van der Waals surface area contributed by atoms with Gasteiger partial charge < -0.3 is 109 Å². The van der Waals surface area contributed by atoms with Crippen molar-refractivity contribution >= 4 is 153 Å². The first kappa shape index (κ1) is 115. The fourth-order valence-electron chi connectivity index (χ4n) is 14.6. The van der Waals surface area contributed by atoms with Crippen molar-refractivity contribution in [3.63, 3.8) is 0 Å². The smallest absolute Gasteiger partial charge is 0.407 e. The van der Waals surface area contributed by atoms with Gasteiger partial charge in [0.25, 0.3) is 17.7 Å². The number of methoxy groups -OCH3 is 1. The number of halogens is 9. The number of aromatic hydroxyl groups is 4. The van der Waals surface area contributed by atoms with E-state index in [1.165, 1.54) is 104 Å². The minimum absolute atomic E-state index is 0. The number of hydrogen-bond acceptors (Lipinski definition) is 16. The van der Waals surface area contributed by atoms with Gasteiger partial charge in [0.15, 0.2) is 0 Å². The number of carbonyl (C=O) groups excluding carboxylic acids is 4. The topological polar surface area (TPSA) is 473 Å².